The fourth-order valence-corrected chi connectivity index (χ4v) is 4.05. The van der Waals surface area contributed by atoms with E-state index in [0.29, 0.717) is 18.1 Å². The number of carbonyl (C=O) groups is 1. The lowest BCUT2D eigenvalue weighted by atomic mass is 10.2. The van der Waals surface area contributed by atoms with Crippen molar-refractivity contribution in [2.75, 3.05) is 32.1 Å². The molecule has 1 aliphatic heterocycles. The Morgan fingerprint density at radius 2 is 2.05 bits per heavy atom. The highest BCUT2D eigenvalue weighted by Crippen LogP contribution is 2.23. The third-order valence-electron chi connectivity index (χ3n) is 4.41. The molecule has 19 heavy (non-hydrogen) atoms. The molecule has 0 spiro atoms. The molecule has 1 N–H and O–H groups in total. The van der Waals surface area contributed by atoms with E-state index in [0.717, 1.165) is 31.6 Å². The monoisotopic (exact) mass is 285 g/mol. The van der Waals surface area contributed by atoms with Crippen molar-refractivity contribution in [3.8, 4) is 0 Å². The third kappa shape index (κ3) is 4.02. The smallest absolute Gasteiger partial charge is 0.317 e. The fourth-order valence-electron chi connectivity index (χ4n) is 3.01. The van der Waals surface area contributed by atoms with Gasteiger partial charge in [0.05, 0.1) is 0 Å². The minimum absolute atomic E-state index is 0.152. The number of nitrogens with one attached hydrogen (secondary N) is 1. The van der Waals surface area contributed by atoms with Gasteiger partial charge in [-0.3, -0.25) is 0 Å². The molecule has 1 saturated heterocycles. The minimum atomic E-state index is 0.152. The lowest BCUT2D eigenvalue weighted by molar-refractivity contribution is 0.178. The summed E-state index contributed by atoms with van der Waals surface area (Å²) in [6.07, 6.45) is 4.52. The van der Waals surface area contributed by atoms with Crippen molar-refractivity contribution in [3.63, 3.8) is 0 Å². The first-order valence-corrected chi connectivity index (χ1v) is 8.54. The second-order valence-corrected chi connectivity index (χ2v) is 7.25. The number of hydrogen-bond donors (Lipinski definition) is 1. The SMILES string of the molecule is C[C@@H]1CCSCCN1C(=O)N[C@@H]1CC[C@@H](N(C)C)C1. The Hall–Kier alpha value is -0.420. The van der Waals surface area contributed by atoms with Crippen molar-refractivity contribution in [1.82, 2.24) is 15.1 Å². The molecule has 2 aliphatic rings. The number of carbonyl (C=O) groups excluding carboxylic acids is 1. The molecular formula is C14H27N3OS. The zero-order valence-corrected chi connectivity index (χ0v) is 13.2. The minimum Gasteiger partial charge on any atom is -0.335 e. The third-order valence-corrected chi connectivity index (χ3v) is 5.41. The van der Waals surface area contributed by atoms with E-state index in [2.05, 4.69) is 31.2 Å². The zero-order valence-electron chi connectivity index (χ0n) is 12.4. The van der Waals surface area contributed by atoms with Crippen LogP contribution >= 0.6 is 11.8 Å². The standard InChI is InChI=1S/C14H27N3OS/c1-11-6-8-19-9-7-17(11)14(18)15-12-4-5-13(10-12)16(2)3/h11-13H,4-10H2,1-3H3,(H,15,18)/t11-,12-,13-/m1/s1. The van der Waals surface area contributed by atoms with Gasteiger partial charge in [0.1, 0.15) is 0 Å². The largest absolute Gasteiger partial charge is 0.335 e. The number of rotatable bonds is 2. The molecule has 2 rings (SSSR count). The number of nitrogens with zero attached hydrogens (tertiary/aromatic N) is 2. The van der Waals surface area contributed by atoms with E-state index in [9.17, 15) is 4.79 Å². The summed E-state index contributed by atoms with van der Waals surface area (Å²) < 4.78 is 0. The Morgan fingerprint density at radius 3 is 2.74 bits per heavy atom. The van der Waals surface area contributed by atoms with Crippen LogP contribution < -0.4 is 5.32 Å². The van der Waals surface area contributed by atoms with Gasteiger partial charge in [0.2, 0.25) is 0 Å². The van der Waals surface area contributed by atoms with Crippen molar-refractivity contribution < 1.29 is 4.79 Å². The topological polar surface area (TPSA) is 35.6 Å². The first kappa shape index (κ1) is 15.0. The van der Waals surface area contributed by atoms with Gasteiger partial charge in [-0.25, -0.2) is 4.79 Å². The van der Waals surface area contributed by atoms with Gasteiger partial charge >= 0.3 is 6.03 Å². The lowest BCUT2D eigenvalue weighted by Gasteiger charge is -2.29. The number of hydrogen-bond acceptors (Lipinski definition) is 3. The maximum Gasteiger partial charge on any atom is 0.317 e. The van der Waals surface area contributed by atoms with Gasteiger partial charge in [0, 0.05) is 30.4 Å². The highest BCUT2D eigenvalue weighted by atomic mass is 32.2. The molecule has 0 bridgehead atoms. The van der Waals surface area contributed by atoms with Crippen LogP contribution in [-0.2, 0) is 0 Å². The van der Waals surface area contributed by atoms with Gasteiger partial charge in [-0.05, 0) is 52.5 Å². The molecule has 2 fully saturated rings. The van der Waals surface area contributed by atoms with Crippen LogP contribution in [0.25, 0.3) is 0 Å². The van der Waals surface area contributed by atoms with E-state index < -0.39 is 0 Å². The van der Waals surface area contributed by atoms with Crippen LogP contribution in [0.15, 0.2) is 0 Å². The molecule has 2 amide bonds. The Bertz CT molecular complexity index is 311. The number of urea groups is 1. The molecule has 1 aliphatic carbocycles. The molecule has 0 aromatic carbocycles. The molecule has 0 aromatic rings. The van der Waals surface area contributed by atoms with E-state index in [1.165, 1.54) is 12.2 Å². The second-order valence-electron chi connectivity index (χ2n) is 6.02. The summed E-state index contributed by atoms with van der Waals surface area (Å²) in [6.45, 7) is 3.06. The van der Waals surface area contributed by atoms with Gasteiger partial charge in [-0.2, -0.15) is 11.8 Å². The van der Waals surface area contributed by atoms with E-state index in [1.807, 2.05) is 16.7 Å². The van der Waals surface area contributed by atoms with Crippen LogP contribution in [0, 0.1) is 0 Å². The summed E-state index contributed by atoms with van der Waals surface area (Å²) >= 11 is 1.96. The van der Waals surface area contributed by atoms with Gasteiger partial charge in [0.15, 0.2) is 0 Å². The van der Waals surface area contributed by atoms with Gasteiger partial charge in [-0.1, -0.05) is 0 Å². The highest BCUT2D eigenvalue weighted by molar-refractivity contribution is 7.99. The first-order chi connectivity index (χ1) is 9.08. The molecule has 0 aromatic heterocycles. The molecule has 0 unspecified atom stereocenters. The molecule has 1 heterocycles. The van der Waals surface area contributed by atoms with E-state index in [4.69, 9.17) is 0 Å². The Balaban J connectivity index is 1.83. The van der Waals surface area contributed by atoms with Crippen LogP contribution in [-0.4, -0.2) is 66.1 Å². The lowest BCUT2D eigenvalue weighted by Crippen LogP contribution is -2.48. The zero-order chi connectivity index (χ0) is 13.8. The molecule has 110 valence electrons. The quantitative estimate of drug-likeness (QED) is 0.843. The van der Waals surface area contributed by atoms with E-state index in [1.54, 1.807) is 0 Å². The van der Waals surface area contributed by atoms with Crippen molar-refractivity contribution in [1.29, 1.82) is 0 Å². The van der Waals surface area contributed by atoms with Gasteiger partial charge < -0.3 is 15.1 Å². The Kier molecular flexibility index (Phi) is 5.39. The van der Waals surface area contributed by atoms with E-state index >= 15 is 0 Å². The molecule has 0 radical (unpaired) electrons. The van der Waals surface area contributed by atoms with Crippen LogP contribution in [0.1, 0.15) is 32.6 Å². The van der Waals surface area contributed by atoms with Crippen LogP contribution in [0.3, 0.4) is 0 Å². The number of amides is 2. The predicted octanol–water partition coefficient (Wildman–Crippen LogP) is 2.01. The van der Waals surface area contributed by atoms with Gasteiger partial charge in [-0.15, -0.1) is 0 Å². The normalized spacial score (nSPS) is 32.4. The Morgan fingerprint density at radius 1 is 1.26 bits per heavy atom. The van der Waals surface area contributed by atoms with Crippen molar-refractivity contribution >= 4 is 17.8 Å². The summed E-state index contributed by atoms with van der Waals surface area (Å²) in [6, 6.07) is 1.52. The molecule has 5 heteroatoms. The van der Waals surface area contributed by atoms with Crippen molar-refractivity contribution in [2.24, 2.45) is 0 Å². The van der Waals surface area contributed by atoms with E-state index in [-0.39, 0.29) is 6.03 Å². The number of thioether (sulfide) groups is 1. The predicted molar refractivity (Wildman–Crippen MR) is 81.8 cm³/mol. The first-order valence-electron chi connectivity index (χ1n) is 7.39. The molecular weight excluding hydrogens is 258 g/mol. The Labute approximate surface area is 121 Å². The average molecular weight is 285 g/mol. The maximum absolute atomic E-state index is 12.4. The fraction of sp³-hybridized carbons (Fsp3) is 0.929. The summed E-state index contributed by atoms with van der Waals surface area (Å²) in [7, 11) is 4.26. The summed E-state index contributed by atoms with van der Waals surface area (Å²) in [5.74, 6) is 2.25. The molecule has 4 nitrogen and oxygen atoms in total. The summed E-state index contributed by atoms with van der Waals surface area (Å²) in [5, 5.41) is 3.24. The van der Waals surface area contributed by atoms with Crippen LogP contribution in [0.4, 0.5) is 4.79 Å². The summed E-state index contributed by atoms with van der Waals surface area (Å²) in [4.78, 5) is 16.7. The van der Waals surface area contributed by atoms with Crippen LogP contribution in [0.5, 0.6) is 0 Å². The van der Waals surface area contributed by atoms with Gasteiger partial charge in [0.25, 0.3) is 0 Å². The summed E-state index contributed by atoms with van der Waals surface area (Å²) in [5.41, 5.74) is 0. The maximum atomic E-state index is 12.4. The second kappa shape index (κ2) is 6.84. The average Bonchev–Trinajstić information content (AvgIpc) is 2.71. The van der Waals surface area contributed by atoms with Crippen LogP contribution in [0.2, 0.25) is 0 Å². The molecule has 3 atom stereocenters. The van der Waals surface area contributed by atoms with Crippen molar-refractivity contribution in [3.05, 3.63) is 0 Å². The highest BCUT2D eigenvalue weighted by Gasteiger charge is 2.29. The van der Waals surface area contributed by atoms with Crippen molar-refractivity contribution in [2.45, 2.75) is 50.7 Å². The molecule has 1 saturated carbocycles.